The van der Waals surface area contributed by atoms with E-state index in [4.69, 9.17) is 4.74 Å². The summed E-state index contributed by atoms with van der Waals surface area (Å²) in [6.07, 6.45) is 7.43. The quantitative estimate of drug-likeness (QED) is 0.382. The summed E-state index contributed by atoms with van der Waals surface area (Å²) < 4.78 is 22.7. The van der Waals surface area contributed by atoms with Gasteiger partial charge < -0.3 is 24.4 Å². The second-order valence-corrected chi connectivity index (χ2v) is 9.17. The van der Waals surface area contributed by atoms with E-state index in [1.807, 2.05) is 4.57 Å². The van der Waals surface area contributed by atoms with E-state index in [0.29, 0.717) is 29.6 Å². The van der Waals surface area contributed by atoms with Crippen LogP contribution in [0.4, 0.5) is 15.8 Å². The Hall–Kier alpha value is -3.46. The summed E-state index contributed by atoms with van der Waals surface area (Å²) in [5.41, 5.74) is 1.62. The maximum atomic E-state index is 15.1. The van der Waals surface area contributed by atoms with Crippen LogP contribution < -0.4 is 19.9 Å². The molecular formula is C27H35FN6O2. The molecule has 1 unspecified atom stereocenters. The first-order chi connectivity index (χ1) is 17.5. The fourth-order valence-corrected chi connectivity index (χ4v) is 4.35. The average Bonchev–Trinajstić information content (AvgIpc) is 3.59. The molecule has 8 nitrogen and oxygen atoms in total. The molecule has 0 radical (unpaired) electrons. The van der Waals surface area contributed by atoms with Crippen molar-refractivity contribution in [3.63, 3.8) is 0 Å². The zero-order chi connectivity index (χ0) is 25.3. The number of unbranched alkanes of at least 4 members (excludes halogenated alkanes) is 1. The van der Waals surface area contributed by atoms with Gasteiger partial charge in [-0.1, -0.05) is 13.3 Å². The summed E-state index contributed by atoms with van der Waals surface area (Å²) in [6.45, 7) is 6.08. The van der Waals surface area contributed by atoms with Crippen molar-refractivity contribution in [3.8, 4) is 5.75 Å². The molecule has 192 valence electrons. The van der Waals surface area contributed by atoms with Crippen LogP contribution in [0.1, 0.15) is 43.0 Å². The Morgan fingerprint density at radius 1 is 1.17 bits per heavy atom. The summed E-state index contributed by atoms with van der Waals surface area (Å²) >= 11 is 0. The summed E-state index contributed by atoms with van der Waals surface area (Å²) in [6, 6.07) is 12.4. The molecule has 0 aliphatic carbocycles. The Kier molecular flexibility index (Phi) is 8.89. The predicted molar refractivity (Wildman–Crippen MR) is 139 cm³/mol. The molecule has 2 heterocycles. The molecule has 1 N–H and O–H groups in total. The maximum absolute atomic E-state index is 15.1. The van der Waals surface area contributed by atoms with Crippen molar-refractivity contribution in [1.82, 2.24) is 20.1 Å². The Morgan fingerprint density at radius 2 is 1.94 bits per heavy atom. The van der Waals surface area contributed by atoms with Crippen molar-refractivity contribution >= 4 is 17.3 Å². The summed E-state index contributed by atoms with van der Waals surface area (Å²) in [4.78, 5) is 16.5. The van der Waals surface area contributed by atoms with E-state index in [0.717, 1.165) is 57.6 Å². The summed E-state index contributed by atoms with van der Waals surface area (Å²) in [5.74, 6) is 0.228. The van der Waals surface area contributed by atoms with Gasteiger partial charge in [-0.25, -0.2) is 4.39 Å². The third-order valence-electron chi connectivity index (χ3n) is 6.51. The number of hydrogen-bond acceptors (Lipinski definition) is 6. The van der Waals surface area contributed by atoms with Gasteiger partial charge in [0.25, 0.3) is 5.91 Å². The number of amides is 1. The molecule has 0 bridgehead atoms. The largest absolute Gasteiger partial charge is 0.494 e. The fraction of sp³-hybridized carbons (Fsp3) is 0.444. The Balaban J connectivity index is 1.29. The van der Waals surface area contributed by atoms with Gasteiger partial charge in [-0.3, -0.25) is 4.79 Å². The molecule has 0 spiro atoms. The minimum atomic E-state index is -0.319. The number of carbonyl (C=O) groups is 1. The lowest BCUT2D eigenvalue weighted by molar-refractivity contribution is 0.0993. The molecule has 1 amide bonds. The van der Waals surface area contributed by atoms with Crippen molar-refractivity contribution in [1.29, 1.82) is 0 Å². The van der Waals surface area contributed by atoms with E-state index in [9.17, 15) is 4.79 Å². The van der Waals surface area contributed by atoms with Crippen molar-refractivity contribution in [2.75, 3.05) is 43.1 Å². The van der Waals surface area contributed by atoms with Crippen LogP contribution in [0.25, 0.3) is 0 Å². The van der Waals surface area contributed by atoms with E-state index in [1.54, 1.807) is 56.1 Å². The highest BCUT2D eigenvalue weighted by Crippen LogP contribution is 2.28. The van der Waals surface area contributed by atoms with Crippen LogP contribution in [-0.2, 0) is 6.54 Å². The smallest absolute Gasteiger partial charge is 0.258 e. The molecule has 1 atom stereocenters. The molecule has 2 aromatic carbocycles. The van der Waals surface area contributed by atoms with Crippen molar-refractivity contribution < 1.29 is 13.9 Å². The highest BCUT2D eigenvalue weighted by atomic mass is 19.1. The van der Waals surface area contributed by atoms with Gasteiger partial charge in [0.2, 0.25) is 0 Å². The first-order valence-electron chi connectivity index (χ1n) is 12.7. The molecule has 1 saturated heterocycles. The first-order valence-corrected chi connectivity index (χ1v) is 12.7. The number of nitrogens with one attached hydrogen (secondary N) is 1. The van der Waals surface area contributed by atoms with Gasteiger partial charge in [-0.15, -0.1) is 10.2 Å². The van der Waals surface area contributed by atoms with Gasteiger partial charge in [0.1, 0.15) is 24.2 Å². The van der Waals surface area contributed by atoms with Crippen molar-refractivity contribution in [2.45, 2.75) is 45.2 Å². The molecule has 1 aromatic heterocycles. The molecule has 9 heteroatoms. The Morgan fingerprint density at radius 3 is 2.67 bits per heavy atom. The SMILES string of the molecule is CCCCOc1ccc(C(=O)N(C)c2ccc(N3CCC(NCCCn4cnnc4)C3)c(F)c2)cc1. The number of carbonyl (C=O) groups excluding carboxylic acids is 1. The second kappa shape index (κ2) is 12.5. The molecular weight excluding hydrogens is 459 g/mol. The zero-order valence-electron chi connectivity index (χ0n) is 21.1. The number of aromatic nitrogens is 3. The lowest BCUT2D eigenvalue weighted by atomic mass is 10.1. The van der Waals surface area contributed by atoms with Crippen LogP contribution in [0.3, 0.4) is 0 Å². The van der Waals surface area contributed by atoms with Crippen LogP contribution in [0, 0.1) is 5.82 Å². The minimum Gasteiger partial charge on any atom is -0.494 e. The molecule has 3 aromatic rings. The highest BCUT2D eigenvalue weighted by molar-refractivity contribution is 6.05. The second-order valence-electron chi connectivity index (χ2n) is 9.17. The lowest BCUT2D eigenvalue weighted by Gasteiger charge is -2.22. The highest BCUT2D eigenvalue weighted by Gasteiger charge is 2.25. The van der Waals surface area contributed by atoms with E-state index in [-0.39, 0.29) is 11.7 Å². The topological polar surface area (TPSA) is 75.5 Å². The molecule has 1 aliphatic heterocycles. The number of hydrogen-bond donors (Lipinski definition) is 1. The van der Waals surface area contributed by atoms with Gasteiger partial charge in [0, 0.05) is 44.0 Å². The molecule has 4 rings (SSSR count). The van der Waals surface area contributed by atoms with Crippen LogP contribution in [0.2, 0.25) is 0 Å². The van der Waals surface area contributed by atoms with Crippen molar-refractivity contribution in [2.24, 2.45) is 0 Å². The number of benzene rings is 2. The van der Waals surface area contributed by atoms with E-state index in [1.165, 1.54) is 11.0 Å². The molecule has 1 aliphatic rings. The van der Waals surface area contributed by atoms with Gasteiger partial charge in [-0.05, 0) is 68.3 Å². The number of aryl methyl sites for hydroxylation is 1. The van der Waals surface area contributed by atoms with Crippen LogP contribution in [0.5, 0.6) is 5.75 Å². The molecule has 36 heavy (non-hydrogen) atoms. The zero-order valence-corrected chi connectivity index (χ0v) is 21.1. The summed E-state index contributed by atoms with van der Waals surface area (Å²) in [7, 11) is 1.66. The van der Waals surface area contributed by atoms with Crippen molar-refractivity contribution in [3.05, 3.63) is 66.5 Å². The number of anilines is 2. The number of ether oxygens (including phenoxy) is 1. The van der Waals surface area contributed by atoms with Crippen LogP contribution in [-0.4, -0.2) is 60.0 Å². The molecule has 1 fully saturated rings. The van der Waals surface area contributed by atoms with Gasteiger partial charge in [0.05, 0.1) is 12.3 Å². The fourth-order valence-electron chi connectivity index (χ4n) is 4.35. The maximum Gasteiger partial charge on any atom is 0.258 e. The monoisotopic (exact) mass is 494 g/mol. The third kappa shape index (κ3) is 6.60. The number of rotatable bonds is 12. The van der Waals surface area contributed by atoms with E-state index >= 15 is 4.39 Å². The Labute approximate surface area is 212 Å². The minimum absolute atomic E-state index is 0.195. The predicted octanol–water partition coefficient (Wildman–Crippen LogP) is 4.13. The third-order valence-corrected chi connectivity index (χ3v) is 6.51. The standard InChI is InChI=1S/C27H35FN6O2/c1-3-4-16-36-24-9-6-21(7-10-24)27(35)32(2)23-8-11-26(25(28)17-23)34-15-12-22(18-34)29-13-5-14-33-19-30-31-20-33/h6-11,17,19-20,22,29H,3-5,12-16,18H2,1-2H3. The number of halogens is 1. The summed E-state index contributed by atoms with van der Waals surface area (Å²) in [5, 5.41) is 11.2. The van der Waals surface area contributed by atoms with Gasteiger partial charge in [0.15, 0.2) is 0 Å². The average molecular weight is 495 g/mol. The van der Waals surface area contributed by atoms with E-state index < -0.39 is 0 Å². The Bertz CT molecular complexity index is 1110. The van der Waals surface area contributed by atoms with E-state index in [2.05, 4.69) is 27.3 Å². The van der Waals surface area contributed by atoms with Gasteiger partial charge in [-0.2, -0.15) is 0 Å². The molecule has 0 saturated carbocycles. The first kappa shape index (κ1) is 25.6. The van der Waals surface area contributed by atoms with Gasteiger partial charge >= 0.3 is 0 Å². The van der Waals surface area contributed by atoms with Crippen LogP contribution >= 0.6 is 0 Å². The number of nitrogens with zero attached hydrogens (tertiary/aromatic N) is 5. The normalized spacial score (nSPS) is 15.3. The lowest BCUT2D eigenvalue weighted by Crippen LogP contribution is -2.33. The van der Waals surface area contributed by atoms with Crippen LogP contribution in [0.15, 0.2) is 55.1 Å².